The summed E-state index contributed by atoms with van der Waals surface area (Å²) in [4.78, 5) is 27.6. The van der Waals surface area contributed by atoms with Crippen molar-refractivity contribution in [1.29, 1.82) is 0 Å². The Balaban J connectivity index is 2.01. The molecule has 0 fully saturated rings. The second kappa shape index (κ2) is 8.92. The maximum Gasteiger partial charge on any atom is 0.226 e. The van der Waals surface area contributed by atoms with Gasteiger partial charge in [-0.1, -0.05) is 29.3 Å². The Hall–Kier alpha value is -2.24. The van der Waals surface area contributed by atoms with Gasteiger partial charge in [-0.15, -0.1) is 0 Å². The zero-order valence-corrected chi connectivity index (χ0v) is 16.4. The monoisotopic (exact) mass is 393 g/mol. The minimum atomic E-state index is -0.211. The number of carbonyl (C=O) groups excluding carboxylic acids is 2. The molecule has 0 aliphatic rings. The van der Waals surface area contributed by atoms with E-state index >= 15 is 0 Å². The van der Waals surface area contributed by atoms with E-state index < -0.39 is 0 Å². The van der Waals surface area contributed by atoms with Crippen LogP contribution in [0, 0.1) is 0 Å². The van der Waals surface area contributed by atoms with Crippen molar-refractivity contribution in [3.05, 3.63) is 52.5 Å². The number of hydrogen-bond donors (Lipinski definition) is 1. The molecule has 0 unspecified atom stereocenters. The molecular weight excluding hydrogens is 373 g/mol. The number of hydrogen-bond acceptors (Lipinski definition) is 3. The molecule has 7 heteroatoms. The van der Waals surface area contributed by atoms with Gasteiger partial charge in [0.1, 0.15) is 0 Å². The van der Waals surface area contributed by atoms with Gasteiger partial charge in [-0.05, 0) is 36.4 Å². The number of carbonyl (C=O) groups is 2. The lowest BCUT2D eigenvalue weighted by Gasteiger charge is -2.22. The van der Waals surface area contributed by atoms with Crippen molar-refractivity contribution in [3.63, 3.8) is 0 Å². The highest BCUT2D eigenvalue weighted by atomic mass is 35.5. The standard InChI is InChI=1S/C19H21Cl2N3O2/c1-13(25)24(17-6-4-5-16(20)19(17)21)12-11-18(26)22-14-7-9-15(10-8-14)23(2)3/h4-10H,11-12H2,1-3H3,(H,22,26). The van der Waals surface area contributed by atoms with Crippen LogP contribution in [-0.4, -0.2) is 32.5 Å². The SMILES string of the molecule is CC(=O)N(CCC(=O)Nc1ccc(N(C)C)cc1)c1cccc(Cl)c1Cl. The zero-order chi connectivity index (χ0) is 19.3. The predicted octanol–water partition coefficient (Wildman–Crippen LogP) is 4.44. The molecule has 0 atom stereocenters. The summed E-state index contributed by atoms with van der Waals surface area (Å²) in [7, 11) is 3.90. The van der Waals surface area contributed by atoms with Crippen LogP contribution in [0.15, 0.2) is 42.5 Å². The average molecular weight is 394 g/mol. The summed E-state index contributed by atoms with van der Waals surface area (Å²) in [6.07, 6.45) is 0.137. The third-order valence-corrected chi connectivity index (χ3v) is 4.64. The highest BCUT2D eigenvalue weighted by Crippen LogP contribution is 2.32. The van der Waals surface area contributed by atoms with Crippen molar-refractivity contribution in [2.24, 2.45) is 0 Å². The van der Waals surface area contributed by atoms with Crippen LogP contribution < -0.4 is 15.1 Å². The van der Waals surface area contributed by atoms with E-state index in [4.69, 9.17) is 23.2 Å². The van der Waals surface area contributed by atoms with Gasteiger partial charge in [0.2, 0.25) is 11.8 Å². The van der Waals surface area contributed by atoms with Gasteiger partial charge < -0.3 is 15.1 Å². The Morgan fingerprint density at radius 1 is 1.04 bits per heavy atom. The topological polar surface area (TPSA) is 52.7 Å². The molecule has 26 heavy (non-hydrogen) atoms. The van der Waals surface area contributed by atoms with Crippen molar-refractivity contribution in [3.8, 4) is 0 Å². The van der Waals surface area contributed by atoms with Crippen molar-refractivity contribution < 1.29 is 9.59 Å². The second-order valence-electron chi connectivity index (χ2n) is 5.98. The molecule has 2 amide bonds. The molecule has 0 aliphatic heterocycles. The van der Waals surface area contributed by atoms with E-state index in [0.29, 0.717) is 21.4 Å². The molecule has 1 N–H and O–H groups in total. The summed E-state index contributed by atoms with van der Waals surface area (Å²) in [5, 5.41) is 3.48. The number of amides is 2. The summed E-state index contributed by atoms with van der Waals surface area (Å²) in [6, 6.07) is 12.6. The summed E-state index contributed by atoms with van der Waals surface area (Å²) in [5.41, 5.74) is 2.24. The first-order chi connectivity index (χ1) is 12.3. The Kier molecular flexibility index (Phi) is 6.89. The lowest BCUT2D eigenvalue weighted by Crippen LogP contribution is -2.32. The summed E-state index contributed by atoms with van der Waals surface area (Å²) in [6.45, 7) is 1.63. The van der Waals surface area contributed by atoms with Crippen LogP contribution in [0.25, 0.3) is 0 Å². The van der Waals surface area contributed by atoms with Crippen molar-refractivity contribution in [1.82, 2.24) is 0 Å². The molecule has 138 valence electrons. The number of anilines is 3. The van der Waals surface area contributed by atoms with Gasteiger partial charge in [-0.25, -0.2) is 0 Å². The molecule has 0 aromatic heterocycles. The van der Waals surface area contributed by atoms with Crippen LogP contribution in [0.5, 0.6) is 0 Å². The number of halogens is 2. The average Bonchev–Trinajstić information content (AvgIpc) is 2.58. The van der Waals surface area contributed by atoms with Gasteiger partial charge >= 0.3 is 0 Å². The molecule has 0 bridgehead atoms. The third kappa shape index (κ3) is 5.13. The molecule has 0 spiro atoms. The maximum absolute atomic E-state index is 12.2. The Morgan fingerprint density at radius 2 is 1.69 bits per heavy atom. The summed E-state index contributed by atoms with van der Waals surface area (Å²) < 4.78 is 0. The van der Waals surface area contributed by atoms with Gasteiger partial charge in [0.15, 0.2) is 0 Å². The van der Waals surface area contributed by atoms with Crippen LogP contribution in [0.1, 0.15) is 13.3 Å². The number of nitrogens with one attached hydrogen (secondary N) is 1. The van der Waals surface area contributed by atoms with Crippen LogP contribution in [0.2, 0.25) is 10.0 Å². The quantitative estimate of drug-likeness (QED) is 0.788. The lowest BCUT2D eigenvalue weighted by molar-refractivity contribution is -0.117. The summed E-state index contributed by atoms with van der Waals surface area (Å²) in [5.74, 6) is -0.399. The first-order valence-electron chi connectivity index (χ1n) is 8.09. The van der Waals surface area contributed by atoms with E-state index in [-0.39, 0.29) is 24.8 Å². The van der Waals surface area contributed by atoms with Gasteiger partial charge in [0.25, 0.3) is 0 Å². The number of nitrogens with zero attached hydrogens (tertiary/aromatic N) is 2. The Morgan fingerprint density at radius 3 is 2.27 bits per heavy atom. The molecule has 2 aromatic carbocycles. The van der Waals surface area contributed by atoms with Crippen molar-refractivity contribution in [2.45, 2.75) is 13.3 Å². The Labute approximate surface area is 163 Å². The van der Waals surface area contributed by atoms with E-state index in [1.54, 1.807) is 18.2 Å². The normalized spacial score (nSPS) is 10.3. The maximum atomic E-state index is 12.2. The van der Waals surface area contributed by atoms with Crippen LogP contribution in [-0.2, 0) is 9.59 Å². The van der Waals surface area contributed by atoms with E-state index in [1.807, 2.05) is 43.3 Å². The fraction of sp³-hybridized carbons (Fsp3) is 0.263. The van der Waals surface area contributed by atoms with Crippen LogP contribution in [0.4, 0.5) is 17.1 Å². The van der Waals surface area contributed by atoms with Crippen molar-refractivity contribution >= 4 is 52.1 Å². The van der Waals surface area contributed by atoms with E-state index in [2.05, 4.69) is 5.32 Å². The fourth-order valence-corrected chi connectivity index (χ4v) is 2.83. The van der Waals surface area contributed by atoms with Gasteiger partial charge in [0, 0.05) is 45.4 Å². The van der Waals surface area contributed by atoms with Gasteiger partial charge in [-0.2, -0.15) is 0 Å². The molecule has 0 radical (unpaired) electrons. The van der Waals surface area contributed by atoms with Crippen molar-refractivity contribution in [2.75, 3.05) is 35.8 Å². The highest BCUT2D eigenvalue weighted by molar-refractivity contribution is 6.44. The van der Waals surface area contributed by atoms with Crippen LogP contribution in [0.3, 0.4) is 0 Å². The van der Waals surface area contributed by atoms with Gasteiger partial charge in [-0.3, -0.25) is 9.59 Å². The third-order valence-electron chi connectivity index (χ3n) is 3.83. The van der Waals surface area contributed by atoms with Crippen LogP contribution >= 0.6 is 23.2 Å². The predicted molar refractivity (Wildman–Crippen MR) is 109 cm³/mol. The molecule has 0 aliphatic carbocycles. The molecule has 2 aromatic rings. The summed E-state index contributed by atoms with van der Waals surface area (Å²) >= 11 is 12.2. The molecule has 0 saturated carbocycles. The number of benzene rings is 2. The van der Waals surface area contributed by atoms with Gasteiger partial charge in [0.05, 0.1) is 15.7 Å². The first kappa shape index (κ1) is 20.1. The molecular formula is C19H21Cl2N3O2. The zero-order valence-electron chi connectivity index (χ0n) is 14.9. The molecule has 0 saturated heterocycles. The molecule has 0 heterocycles. The minimum Gasteiger partial charge on any atom is -0.378 e. The minimum absolute atomic E-state index is 0.137. The molecule has 5 nitrogen and oxygen atoms in total. The lowest BCUT2D eigenvalue weighted by atomic mass is 10.2. The second-order valence-corrected chi connectivity index (χ2v) is 6.77. The Bertz CT molecular complexity index is 792. The van der Waals surface area contributed by atoms with E-state index in [9.17, 15) is 9.59 Å². The smallest absolute Gasteiger partial charge is 0.226 e. The molecule has 2 rings (SSSR count). The van der Waals surface area contributed by atoms with E-state index in [1.165, 1.54) is 11.8 Å². The van der Waals surface area contributed by atoms with E-state index in [0.717, 1.165) is 5.69 Å². The number of rotatable bonds is 6. The first-order valence-corrected chi connectivity index (χ1v) is 8.84. The largest absolute Gasteiger partial charge is 0.378 e. The fourth-order valence-electron chi connectivity index (χ4n) is 2.43. The highest BCUT2D eigenvalue weighted by Gasteiger charge is 2.17.